The minimum Gasteiger partial charge on any atom is -0.496 e. The van der Waals surface area contributed by atoms with E-state index in [1.807, 2.05) is 0 Å². The van der Waals surface area contributed by atoms with E-state index in [-0.39, 0.29) is 17.8 Å². The van der Waals surface area contributed by atoms with Crippen molar-refractivity contribution in [3.05, 3.63) is 29.6 Å². The Kier molecular flexibility index (Phi) is 3.64. The van der Waals surface area contributed by atoms with Crippen LogP contribution in [0.25, 0.3) is 0 Å². The average molecular weight is 239 g/mol. The van der Waals surface area contributed by atoms with E-state index in [4.69, 9.17) is 4.74 Å². The molecule has 94 valence electrons. The summed E-state index contributed by atoms with van der Waals surface area (Å²) in [6, 6.07) is 4.52. The second-order valence-corrected chi connectivity index (χ2v) is 4.72. The van der Waals surface area contributed by atoms with E-state index in [9.17, 15) is 9.50 Å². The van der Waals surface area contributed by atoms with E-state index >= 15 is 0 Å². The number of aliphatic hydroxyl groups is 1. The number of ether oxygens (including phenoxy) is 1. The lowest BCUT2D eigenvalue weighted by Crippen LogP contribution is -2.30. The summed E-state index contributed by atoms with van der Waals surface area (Å²) < 4.78 is 18.5. The fraction of sp³-hybridized carbons (Fsp3) is 0.538. The summed E-state index contributed by atoms with van der Waals surface area (Å²) in [5.41, 5.74) is 0.645. The van der Waals surface area contributed by atoms with Crippen LogP contribution < -0.4 is 10.1 Å². The van der Waals surface area contributed by atoms with Gasteiger partial charge in [-0.15, -0.1) is 0 Å². The Morgan fingerprint density at radius 1 is 1.53 bits per heavy atom. The number of methoxy groups -OCH3 is 1. The van der Waals surface area contributed by atoms with Crippen molar-refractivity contribution in [2.24, 2.45) is 5.41 Å². The maximum Gasteiger partial charge on any atom is 0.123 e. The first kappa shape index (κ1) is 12.3. The van der Waals surface area contributed by atoms with Crippen LogP contribution >= 0.6 is 0 Å². The van der Waals surface area contributed by atoms with Gasteiger partial charge in [-0.25, -0.2) is 4.39 Å². The smallest absolute Gasteiger partial charge is 0.123 e. The first-order chi connectivity index (χ1) is 8.19. The Bertz CT molecular complexity index is 389. The van der Waals surface area contributed by atoms with Gasteiger partial charge in [-0.1, -0.05) is 0 Å². The van der Waals surface area contributed by atoms with Gasteiger partial charge in [0, 0.05) is 12.0 Å². The van der Waals surface area contributed by atoms with E-state index in [0.717, 1.165) is 25.1 Å². The zero-order valence-electron chi connectivity index (χ0n) is 10.0. The van der Waals surface area contributed by atoms with Crippen LogP contribution in [0.15, 0.2) is 18.2 Å². The number of hydrogen-bond donors (Lipinski definition) is 2. The first-order valence-electron chi connectivity index (χ1n) is 5.83. The van der Waals surface area contributed by atoms with Crippen molar-refractivity contribution < 1.29 is 14.2 Å². The third kappa shape index (κ3) is 2.58. The van der Waals surface area contributed by atoms with Crippen LogP contribution in [-0.4, -0.2) is 31.9 Å². The zero-order valence-corrected chi connectivity index (χ0v) is 10.0. The van der Waals surface area contributed by atoms with Gasteiger partial charge in [0.05, 0.1) is 13.7 Å². The maximum absolute atomic E-state index is 13.3. The Balaban J connectivity index is 2.24. The molecule has 1 atom stereocenters. The minimum absolute atomic E-state index is 0.111. The molecule has 0 bridgehead atoms. The molecule has 4 heteroatoms. The monoisotopic (exact) mass is 239 g/mol. The van der Waals surface area contributed by atoms with E-state index in [1.54, 1.807) is 13.2 Å². The standard InChI is InChI=1S/C13H18FNO2/c1-17-12-3-2-11(14)6-10(12)7-13(9-16)4-5-15-8-13/h2-3,6,15-16H,4-5,7-9H2,1H3. The molecule has 2 rings (SSSR count). The lowest BCUT2D eigenvalue weighted by Gasteiger charge is -2.26. The topological polar surface area (TPSA) is 41.5 Å². The van der Waals surface area contributed by atoms with Crippen molar-refractivity contribution in [1.82, 2.24) is 5.32 Å². The van der Waals surface area contributed by atoms with Gasteiger partial charge in [-0.05, 0) is 43.1 Å². The molecule has 0 aliphatic carbocycles. The highest BCUT2D eigenvalue weighted by atomic mass is 19.1. The largest absolute Gasteiger partial charge is 0.496 e. The summed E-state index contributed by atoms with van der Waals surface area (Å²) in [6.07, 6.45) is 1.54. The Labute approximate surface area is 101 Å². The molecule has 0 radical (unpaired) electrons. The average Bonchev–Trinajstić information content (AvgIpc) is 2.79. The van der Waals surface area contributed by atoms with Crippen LogP contribution in [0.2, 0.25) is 0 Å². The molecule has 0 amide bonds. The number of aliphatic hydroxyl groups excluding tert-OH is 1. The SMILES string of the molecule is COc1ccc(F)cc1CC1(CO)CCNC1. The van der Waals surface area contributed by atoms with Gasteiger partial charge in [-0.3, -0.25) is 0 Å². The highest BCUT2D eigenvalue weighted by Gasteiger charge is 2.34. The van der Waals surface area contributed by atoms with Crippen LogP contribution in [0.3, 0.4) is 0 Å². The van der Waals surface area contributed by atoms with E-state index in [2.05, 4.69) is 5.32 Å². The molecule has 1 unspecified atom stereocenters. The predicted octanol–water partition coefficient (Wildman–Crippen LogP) is 1.35. The van der Waals surface area contributed by atoms with Gasteiger partial charge in [-0.2, -0.15) is 0 Å². The Morgan fingerprint density at radius 2 is 2.35 bits per heavy atom. The van der Waals surface area contributed by atoms with Crippen LogP contribution in [0.4, 0.5) is 4.39 Å². The molecule has 1 aromatic rings. The molecule has 1 saturated heterocycles. The summed E-state index contributed by atoms with van der Waals surface area (Å²) in [5.74, 6) is 0.422. The highest BCUT2D eigenvalue weighted by molar-refractivity contribution is 5.35. The molecule has 2 N–H and O–H groups in total. The van der Waals surface area contributed by atoms with Gasteiger partial charge < -0.3 is 15.2 Å². The third-order valence-electron chi connectivity index (χ3n) is 3.48. The minimum atomic E-state index is -0.264. The van der Waals surface area contributed by atoms with Gasteiger partial charge in [0.1, 0.15) is 11.6 Å². The molecule has 0 spiro atoms. The van der Waals surface area contributed by atoms with Crippen LogP contribution in [0, 0.1) is 11.2 Å². The second-order valence-electron chi connectivity index (χ2n) is 4.72. The molecular formula is C13H18FNO2. The lowest BCUT2D eigenvalue weighted by atomic mass is 9.81. The molecular weight excluding hydrogens is 221 g/mol. The fourth-order valence-electron chi connectivity index (χ4n) is 2.43. The van der Waals surface area contributed by atoms with Crippen LogP contribution in [0.1, 0.15) is 12.0 Å². The van der Waals surface area contributed by atoms with Crippen molar-refractivity contribution in [3.8, 4) is 5.75 Å². The Morgan fingerprint density at radius 3 is 2.94 bits per heavy atom. The van der Waals surface area contributed by atoms with Gasteiger partial charge >= 0.3 is 0 Å². The number of nitrogens with one attached hydrogen (secondary N) is 1. The second kappa shape index (κ2) is 5.02. The number of hydrogen-bond acceptors (Lipinski definition) is 3. The molecule has 1 fully saturated rings. The molecule has 1 heterocycles. The molecule has 1 aliphatic heterocycles. The normalized spacial score (nSPS) is 23.9. The van der Waals surface area contributed by atoms with Crippen LogP contribution in [0.5, 0.6) is 5.75 Å². The summed E-state index contributed by atoms with van der Waals surface area (Å²) in [4.78, 5) is 0. The molecule has 1 aliphatic rings. The Hall–Kier alpha value is -1.13. The van der Waals surface area contributed by atoms with Crippen molar-refractivity contribution >= 4 is 0 Å². The molecule has 17 heavy (non-hydrogen) atoms. The molecule has 3 nitrogen and oxygen atoms in total. The molecule has 0 saturated carbocycles. The molecule has 1 aromatic carbocycles. The van der Waals surface area contributed by atoms with E-state index in [0.29, 0.717) is 12.2 Å². The zero-order chi connectivity index (χ0) is 12.3. The van der Waals surface area contributed by atoms with E-state index in [1.165, 1.54) is 12.1 Å². The van der Waals surface area contributed by atoms with Crippen molar-refractivity contribution in [2.75, 3.05) is 26.8 Å². The number of halogens is 1. The third-order valence-corrected chi connectivity index (χ3v) is 3.48. The number of benzene rings is 1. The van der Waals surface area contributed by atoms with Gasteiger partial charge in [0.25, 0.3) is 0 Å². The van der Waals surface area contributed by atoms with Gasteiger partial charge in [0.2, 0.25) is 0 Å². The van der Waals surface area contributed by atoms with Crippen LogP contribution in [-0.2, 0) is 6.42 Å². The summed E-state index contributed by atoms with van der Waals surface area (Å²) in [6.45, 7) is 1.78. The first-order valence-corrected chi connectivity index (χ1v) is 5.83. The summed E-state index contributed by atoms with van der Waals surface area (Å²) in [7, 11) is 1.58. The lowest BCUT2D eigenvalue weighted by molar-refractivity contribution is 0.142. The van der Waals surface area contributed by atoms with Crippen molar-refractivity contribution in [3.63, 3.8) is 0 Å². The quantitative estimate of drug-likeness (QED) is 0.833. The number of rotatable bonds is 4. The highest BCUT2D eigenvalue weighted by Crippen LogP contribution is 2.33. The molecule has 0 aromatic heterocycles. The van der Waals surface area contributed by atoms with Gasteiger partial charge in [0.15, 0.2) is 0 Å². The maximum atomic E-state index is 13.3. The van der Waals surface area contributed by atoms with Crippen molar-refractivity contribution in [1.29, 1.82) is 0 Å². The fourth-order valence-corrected chi connectivity index (χ4v) is 2.43. The summed E-state index contributed by atoms with van der Waals surface area (Å²) >= 11 is 0. The predicted molar refractivity (Wildman–Crippen MR) is 63.7 cm³/mol. The summed E-state index contributed by atoms with van der Waals surface area (Å²) in [5, 5.41) is 12.8. The van der Waals surface area contributed by atoms with E-state index < -0.39 is 0 Å². The van der Waals surface area contributed by atoms with Crippen molar-refractivity contribution in [2.45, 2.75) is 12.8 Å².